The average molecular weight is 579 g/mol. The molecule has 0 amide bonds. The summed E-state index contributed by atoms with van der Waals surface area (Å²) in [4.78, 5) is 2.49. The Bertz CT molecular complexity index is 2350. The van der Waals surface area contributed by atoms with Crippen molar-refractivity contribution in [1.82, 2.24) is 0 Å². The zero-order chi connectivity index (χ0) is 29.0. The topological polar surface area (TPSA) is 9.23 Å². The monoisotopic (exact) mass is 578 g/mol. The van der Waals surface area contributed by atoms with E-state index in [1.807, 2.05) is 11.3 Å². The summed E-state index contributed by atoms with van der Waals surface area (Å²) in [6.45, 7) is 0. The maximum Gasteiger partial charge on any atom is 0.135 e. The molecule has 2 heteroatoms. The zero-order valence-corrected chi connectivity index (χ0v) is 24.6. The molecule has 1 nitrogen and oxygen atoms in total. The van der Waals surface area contributed by atoms with Crippen LogP contribution in [-0.2, 0) is 0 Å². The van der Waals surface area contributed by atoms with E-state index in [1.165, 1.54) is 70.2 Å². The first-order valence-corrected chi connectivity index (χ1v) is 15.7. The Kier molecular flexibility index (Phi) is 5.75. The third kappa shape index (κ3) is 4.07. The Morgan fingerprint density at radius 3 is 1.98 bits per heavy atom. The van der Waals surface area contributed by atoms with E-state index in [1.54, 1.807) is 0 Å². The van der Waals surface area contributed by atoms with Crippen LogP contribution in [0.25, 0.3) is 75.8 Å². The van der Waals surface area contributed by atoms with Gasteiger partial charge in [-0.2, -0.15) is 0 Å². The summed E-state index contributed by atoms with van der Waals surface area (Å²) in [5.74, 6) is 1.83. The van der Waals surface area contributed by atoms with Crippen molar-refractivity contribution in [2.45, 2.75) is 0 Å². The Morgan fingerprint density at radius 2 is 1.07 bits per heavy atom. The Morgan fingerprint density at radius 1 is 0.364 bits per heavy atom. The van der Waals surface area contributed by atoms with Gasteiger partial charge in [-0.3, -0.25) is 0 Å². The summed E-state index contributed by atoms with van der Waals surface area (Å²) >= 11 is 1.85. The molecule has 8 aromatic rings. The third-order valence-corrected chi connectivity index (χ3v) is 9.89. The standard InChI is InChI=1S/C42H26OS/c1-2-9-27(10-3-1)30-19-21-34(33-16-6-12-28-11-4-5-15-32(28)33)37(25-30)41-24-23-40(44-41)31-20-22-38-36(26-31)35-17-7-13-29-14-8-18-39(43-38)42(29)35/h1-26H. The van der Waals surface area contributed by atoms with E-state index in [0.717, 1.165) is 17.1 Å². The Hall–Kier alpha value is -5.44. The maximum atomic E-state index is 6.37. The summed E-state index contributed by atoms with van der Waals surface area (Å²) in [7, 11) is 0. The molecular weight excluding hydrogens is 553 g/mol. The molecule has 0 saturated carbocycles. The van der Waals surface area contributed by atoms with Gasteiger partial charge in [0.15, 0.2) is 0 Å². The number of hydrogen-bond acceptors (Lipinski definition) is 2. The van der Waals surface area contributed by atoms with Crippen molar-refractivity contribution in [3.05, 3.63) is 158 Å². The quantitative estimate of drug-likeness (QED) is 0.202. The lowest BCUT2D eigenvalue weighted by molar-refractivity contribution is 0.487. The minimum absolute atomic E-state index is 0.908. The zero-order valence-electron chi connectivity index (χ0n) is 23.8. The number of hydrogen-bond donors (Lipinski definition) is 0. The molecule has 1 aromatic heterocycles. The van der Waals surface area contributed by atoms with Crippen molar-refractivity contribution in [3.63, 3.8) is 0 Å². The molecule has 0 saturated heterocycles. The van der Waals surface area contributed by atoms with Gasteiger partial charge in [0.25, 0.3) is 0 Å². The van der Waals surface area contributed by atoms with Gasteiger partial charge in [0.2, 0.25) is 0 Å². The lowest BCUT2D eigenvalue weighted by Crippen LogP contribution is -1.97. The first-order chi connectivity index (χ1) is 21.8. The van der Waals surface area contributed by atoms with Crippen molar-refractivity contribution < 1.29 is 4.74 Å². The van der Waals surface area contributed by atoms with Crippen molar-refractivity contribution in [3.8, 4) is 65.8 Å². The maximum absolute atomic E-state index is 6.37. The van der Waals surface area contributed by atoms with Crippen LogP contribution in [0.15, 0.2) is 158 Å². The molecule has 0 atom stereocenters. The molecule has 0 spiro atoms. The smallest absolute Gasteiger partial charge is 0.135 e. The number of benzene rings is 7. The van der Waals surface area contributed by atoms with E-state index in [2.05, 4.69) is 158 Å². The number of fused-ring (bicyclic) bond motifs is 3. The van der Waals surface area contributed by atoms with E-state index < -0.39 is 0 Å². The van der Waals surface area contributed by atoms with E-state index in [9.17, 15) is 0 Å². The number of ether oxygens (including phenoxy) is 1. The van der Waals surface area contributed by atoms with Crippen molar-refractivity contribution in [2.75, 3.05) is 0 Å². The fourth-order valence-electron chi connectivity index (χ4n) is 6.61. The van der Waals surface area contributed by atoms with E-state index in [-0.39, 0.29) is 0 Å². The number of rotatable bonds is 4. The van der Waals surface area contributed by atoms with E-state index >= 15 is 0 Å². The molecule has 0 unspecified atom stereocenters. The molecule has 0 N–H and O–H groups in total. The minimum atomic E-state index is 0.908. The Balaban J connectivity index is 1.19. The predicted molar refractivity (Wildman–Crippen MR) is 187 cm³/mol. The van der Waals surface area contributed by atoms with Gasteiger partial charge in [-0.15, -0.1) is 11.3 Å². The molecule has 1 aliphatic heterocycles. The molecule has 206 valence electrons. The lowest BCUT2D eigenvalue weighted by Gasteiger charge is -2.21. The van der Waals surface area contributed by atoms with Gasteiger partial charge in [-0.25, -0.2) is 0 Å². The molecule has 0 aliphatic carbocycles. The highest BCUT2D eigenvalue weighted by molar-refractivity contribution is 7.18. The summed E-state index contributed by atoms with van der Waals surface area (Å²) in [5, 5.41) is 4.91. The summed E-state index contributed by atoms with van der Waals surface area (Å²) in [5.41, 5.74) is 9.76. The first-order valence-electron chi connectivity index (χ1n) is 14.9. The molecule has 0 radical (unpaired) electrons. The molecule has 9 rings (SSSR count). The second kappa shape index (κ2) is 10.1. The lowest BCUT2D eigenvalue weighted by atomic mass is 9.91. The van der Waals surface area contributed by atoms with Gasteiger partial charge in [-0.05, 0) is 92.0 Å². The van der Waals surface area contributed by atoms with Gasteiger partial charge < -0.3 is 4.74 Å². The van der Waals surface area contributed by atoms with Crippen LogP contribution in [0.4, 0.5) is 0 Å². The highest BCUT2D eigenvalue weighted by Gasteiger charge is 2.21. The largest absolute Gasteiger partial charge is 0.456 e. The normalized spacial score (nSPS) is 11.8. The van der Waals surface area contributed by atoms with Gasteiger partial charge in [0.1, 0.15) is 11.5 Å². The molecule has 7 aromatic carbocycles. The Labute approximate surface area is 260 Å². The predicted octanol–water partition coefficient (Wildman–Crippen LogP) is 12.5. The number of thiophene rings is 1. The second-order valence-corrected chi connectivity index (χ2v) is 12.4. The molecule has 0 fully saturated rings. The fraction of sp³-hybridized carbons (Fsp3) is 0. The fourth-order valence-corrected chi connectivity index (χ4v) is 7.64. The SMILES string of the molecule is c1ccc(-c2ccc(-c3cccc4ccccc34)c(-c3ccc(-c4ccc5c(c4)-c4cccc6cccc(c46)O5)s3)c2)cc1. The van der Waals surface area contributed by atoms with Crippen molar-refractivity contribution >= 4 is 32.9 Å². The summed E-state index contributed by atoms with van der Waals surface area (Å²) in [6.07, 6.45) is 0. The van der Waals surface area contributed by atoms with Gasteiger partial charge >= 0.3 is 0 Å². The second-order valence-electron chi connectivity index (χ2n) is 11.3. The van der Waals surface area contributed by atoms with Crippen LogP contribution in [0.1, 0.15) is 0 Å². The molecule has 1 aliphatic rings. The van der Waals surface area contributed by atoms with Crippen molar-refractivity contribution in [1.29, 1.82) is 0 Å². The third-order valence-electron chi connectivity index (χ3n) is 8.72. The average Bonchev–Trinajstić information content (AvgIpc) is 3.59. The highest BCUT2D eigenvalue weighted by atomic mass is 32.1. The first kappa shape index (κ1) is 25.1. The van der Waals surface area contributed by atoms with E-state index in [0.29, 0.717) is 0 Å². The van der Waals surface area contributed by atoms with Crippen LogP contribution in [0.3, 0.4) is 0 Å². The van der Waals surface area contributed by atoms with Crippen LogP contribution in [0.5, 0.6) is 11.5 Å². The van der Waals surface area contributed by atoms with Crippen molar-refractivity contribution in [2.24, 2.45) is 0 Å². The molecule has 2 heterocycles. The van der Waals surface area contributed by atoms with Gasteiger partial charge in [0.05, 0.1) is 0 Å². The van der Waals surface area contributed by atoms with Gasteiger partial charge in [-0.1, -0.05) is 115 Å². The van der Waals surface area contributed by atoms with E-state index in [4.69, 9.17) is 4.74 Å². The molecular formula is C42H26OS. The minimum Gasteiger partial charge on any atom is -0.456 e. The van der Waals surface area contributed by atoms with Crippen LogP contribution in [-0.4, -0.2) is 0 Å². The summed E-state index contributed by atoms with van der Waals surface area (Å²) in [6, 6.07) is 56.8. The van der Waals surface area contributed by atoms with Crippen LogP contribution in [0.2, 0.25) is 0 Å². The van der Waals surface area contributed by atoms with Gasteiger partial charge in [0, 0.05) is 26.3 Å². The molecule has 0 bridgehead atoms. The summed E-state index contributed by atoms with van der Waals surface area (Å²) < 4.78 is 6.37. The van der Waals surface area contributed by atoms with Crippen LogP contribution >= 0.6 is 11.3 Å². The van der Waals surface area contributed by atoms with Crippen LogP contribution < -0.4 is 4.74 Å². The highest BCUT2D eigenvalue weighted by Crippen LogP contribution is 2.49. The molecule has 44 heavy (non-hydrogen) atoms. The van der Waals surface area contributed by atoms with Crippen LogP contribution in [0, 0.1) is 0 Å².